The molecule has 2 rings (SSSR count). The van der Waals surface area contributed by atoms with Gasteiger partial charge in [0, 0.05) is 13.2 Å². The molecular weight excluding hydrogens is 324 g/mol. The van der Waals surface area contributed by atoms with E-state index in [9.17, 15) is 0 Å². The molecule has 3 nitrogen and oxygen atoms in total. The predicted molar refractivity (Wildman–Crippen MR) is 97.0 cm³/mol. The van der Waals surface area contributed by atoms with Crippen molar-refractivity contribution in [2.24, 2.45) is 0 Å². The maximum atomic E-state index is 5.71. The van der Waals surface area contributed by atoms with E-state index >= 15 is 0 Å². The van der Waals surface area contributed by atoms with Gasteiger partial charge in [0.05, 0.1) is 19.3 Å². The van der Waals surface area contributed by atoms with Crippen LogP contribution in [0.15, 0.2) is 60.7 Å². The first-order valence-electron chi connectivity index (χ1n) is 8.29. The van der Waals surface area contributed by atoms with E-state index in [1.165, 1.54) is 11.1 Å². The van der Waals surface area contributed by atoms with Crippen LogP contribution in [-0.2, 0) is 27.4 Å². The molecule has 0 aromatic heterocycles. The molecule has 0 N–H and O–H groups in total. The highest BCUT2D eigenvalue weighted by molar-refractivity contribution is 6.17. The number of ether oxygens (including phenoxy) is 3. The Morgan fingerprint density at radius 1 is 0.708 bits per heavy atom. The van der Waals surface area contributed by atoms with Crippen LogP contribution in [0.25, 0.3) is 0 Å². The highest BCUT2D eigenvalue weighted by Crippen LogP contribution is 2.09. The highest BCUT2D eigenvalue weighted by atomic mass is 35.5. The SMILES string of the molecule is ClCOC(CCOCc1ccccc1)CCOCc1ccccc1. The molecule has 130 valence electrons. The maximum absolute atomic E-state index is 5.71. The predicted octanol–water partition coefficient (Wildman–Crippen LogP) is 4.78. The first-order valence-corrected chi connectivity index (χ1v) is 8.83. The zero-order valence-electron chi connectivity index (χ0n) is 13.9. The quantitative estimate of drug-likeness (QED) is 0.408. The van der Waals surface area contributed by atoms with E-state index in [4.69, 9.17) is 25.8 Å². The summed E-state index contributed by atoms with van der Waals surface area (Å²) >= 11 is 5.71. The molecule has 0 fully saturated rings. The van der Waals surface area contributed by atoms with Crippen LogP contribution in [0.5, 0.6) is 0 Å². The third-order valence-corrected chi connectivity index (χ3v) is 3.82. The molecule has 2 aromatic carbocycles. The third kappa shape index (κ3) is 7.93. The molecule has 0 radical (unpaired) electrons. The molecule has 2 aromatic rings. The van der Waals surface area contributed by atoms with Crippen molar-refractivity contribution in [2.75, 3.05) is 19.3 Å². The summed E-state index contributed by atoms with van der Waals surface area (Å²) in [4.78, 5) is 0. The van der Waals surface area contributed by atoms with Gasteiger partial charge < -0.3 is 14.2 Å². The Labute approximate surface area is 149 Å². The van der Waals surface area contributed by atoms with Crippen molar-refractivity contribution in [3.8, 4) is 0 Å². The van der Waals surface area contributed by atoms with E-state index in [-0.39, 0.29) is 12.2 Å². The van der Waals surface area contributed by atoms with E-state index in [1.807, 2.05) is 36.4 Å². The van der Waals surface area contributed by atoms with Gasteiger partial charge in [0.15, 0.2) is 0 Å². The van der Waals surface area contributed by atoms with Crippen molar-refractivity contribution < 1.29 is 14.2 Å². The zero-order valence-corrected chi connectivity index (χ0v) is 14.7. The Hall–Kier alpha value is -1.39. The molecule has 0 saturated carbocycles. The molecule has 0 unspecified atom stereocenters. The largest absolute Gasteiger partial charge is 0.377 e. The first kappa shape index (κ1) is 18.9. The van der Waals surface area contributed by atoms with Gasteiger partial charge in [-0.3, -0.25) is 0 Å². The lowest BCUT2D eigenvalue weighted by atomic mass is 10.2. The number of halogens is 1. The Balaban J connectivity index is 1.58. The number of hydrogen-bond acceptors (Lipinski definition) is 3. The fraction of sp³-hybridized carbons (Fsp3) is 0.400. The average Bonchev–Trinajstić information content (AvgIpc) is 2.64. The van der Waals surface area contributed by atoms with Crippen LogP contribution in [0.2, 0.25) is 0 Å². The van der Waals surface area contributed by atoms with E-state index in [2.05, 4.69) is 24.3 Å². The van der Waals surface area contributed by atoms with Gasteiger partial charge in [-0.05, 0) is 24.0 Å². The van der Waals surface area contributed by atoms with Crippen LogP contribution in [-0.4, -0.2) is 25.4 Å². The summed E-state index contributed by atoms with van der Waals surface area (Å²) in [6.07, 6.45) is 1.69. The van der Waals surface area contributed by atoms with Gasteiger partial charge in [0.2, 0.25) is 0 Å². The van der Waals surface area contributed by atoms with Crippen LogP contribution >= 0.6 is 11.6 Å². The second-order valence-corrected chi connectivity index (χ2v) is 5.77. The number of benzene rings is 2. The van der Waals surface area contributed by atoms with Gasteiger partial charge in [-0.25, -0.2) is 0 Å². The van der Waals surface area contributed by atoms with Crippen molar-refractivity contribution >= 4 is 11.6 Å². The molecule has 0 spiro atoms. The lowest BCUT2D eigenvalue weighted by Crippen LogP contribution is -2.17. The molecular formula is C20H25ClO3. The lowest BCUT2D eigenvalue weighted by Gasteiger charge is -2.16. The van der Waals surface area contributed by atoms with Crippen molar-refractivity contribution in [1.82, 2.24) is 0 Å². The van der Waals surface area contributed by atoms with E-state index in [0.29, 0.717) is 26.4 Å². The second kappa shape index (κ2) is 12.0. The summed E-state index contributed by atoms with van der Waals surface area (Å²) in [6, 6.07) is 20.5. The Bertz CT molecular complexity index is 486. The van der Waals surface area contributed by atoms with E-state index in [0.717, 1.165) is 12.8 Å². The van der Waals surface area contributed by atoms with Crippen molar-refractivity contribution in [1.29, 1.82) is 0 Å². The molecule has 0 saturated heterocycles. The highest BCUT2D eigenvalue weighted by Gasteiger charge is 2.09. The third-order valence-electron chi connectivity index (χ3n) is 3.69. The summed E-state index contributed by atoms with van der Waals surface area (Å²) < 4.78 is 17.0. The summed E-state index contributed by atoms with van der Waals surface area (Å²) in [5.41, 5.74) is 2.36. The molecule has 24 heavy (non-hydrogen) atoms. The van der Waals surface area contributed by atoms with Gasteiger partial charge in [0.1, 0.15) is 6.07 Å². The molecule has 0 heterocycles. The minimum absolute atomic E-state index is 0.0639. The van der Waals surface area contributed by atoms with Crippen molar-refractivity contribution in [3.63, 3.8) is 0 Å². The molecule has 0 aliphatic rings. The second-order valence-electron chi connectivity index (χ2n) is 5.55. The van der Waals surface area contributed by atoms with Crippen LogP contribution < -0.4 is 0 Å². The summed E-state index contributed by atoms with van der Waals surface area (Å²) in [5.74, 6) is 0. The van der Waals surface area contributed by atoms with Crippen LogP contribution in [0.3, 0.4) is 0 Å². The summed E-state index contributed by atoms with van der Waals surface area (Å²) in [6.45, 7) is 2.54. The summed E-state index contributed by atoms with van der Waals surface area (Å²) in [5, 5.41) is 0. The van der Waals surface area contributed by atoms with Crippen molar-refractivity contribution in [2.45, 2.75) is 32.2 Å². The van der Waals surface area contributed by atoms with Gasteiger partial charge in [-0.1, -0.05) is 72.3 Å². The summed E-state index contributed by atoms with van der Waals surface area (Å²) in [7, 11) is 0. The Kier molecular flexibility index (Phi) is 9.50. The lowest BCUT2D eigenvalue weighted by molar-refractivity contribution is 0.0116. The molecule has 0 bridgehead atoms. The van der Waals surface area contributed by atoms with Gasteiger partial charge in [-0.2, -0.15) is 0 Å². The van der Waals surface area contributed by atoms with Crippen molar-refractivity contribution in [3.05, 3.63) is 71.8 Å². The van der Waals surface area contributed by atoms with Gasteiger partial charge in [-0.15, -0.1) is 0 Å². The van der Waals surface area contributed by atoms with Gasteiger partial charge in [0.25, 0.3) is 0 Å². The van der Waals surface area contributed by atoms with Crippen LogP contribution in [0.1, 0.15) is 24.0 Å². The fourth-order valence-electron chi connectivity index (χ4n) is 2.36. The smallest absolute Gasteiger partial charge is 0.121 e. The molecule has 4 heteroatoms. The molecule has 0 atom stereocenters. The maximum Gasteiger partial charge on any atom is 0.121 e. The minimum Gasteiger partial charge on any atom is -0.377 e. The monoisotopic (exact) mass is 348 g/mol. The van der Waals surface area contributed by atoms with Gasteiger partial charge >= 0.3 is 0 Å². The number of alkyl halides is 1. The first-order chi connectivity index (χ1) is 11.9. The van der Waals surface area contributed by atoms with E-state index in [1.54, 1.807) is 0 Å². The number of rotatable bonds is 12. The average molecular weight is 349 g/mol. The minimum atomic E-state index is 0.0639. The fourth-order valence-corrected chi connectivity index (χ4v) is 2.54. The molecule has 0 aliphatic carbocycles. The van der Waals surface area contributed by atoms with Crippen LogP contribution in [0.4, 0.5) is 0 Å². The zero-order chi connectivity index (χ0) is 16.9. The molecule has 0 amide bonds. The number of hydrogen-bond donors (Lipinski definition) is 0. The van der Waals surface area contributed by atoms with E-state index < -0.39 is 0 Å². The molecule has 0 aliphatic heterocycles. The topological polar surface area (TPSA) is 27.7 Å². The normalized spacial score (nSPS) is 11.1. The van der Waals surface area contributed by atoms with Crippen LogP contribution in [0, 0.1) is 0 Å². The standard InChI is InChI=1S/C20H25ClO3/c21-17-24-20(11-13-22-15-18-7-3-1-4-8-18)12-14-23-16-19-9-5-2-6-10-19/h1-10,20H,11-17H2. The Morgan fingerprint density at radius 3 is 1.58 bits per heavy atom. The Morgan fingerprint density at radius 2 is 1.17 bits per heavy atom.